The molecule has 12 aromatic rings. The van der Waals surface area contributed by atoms with Crippen LogP contribution in [-0.2, 0) is 28.2 Å². The Morgan fingerprint density at radius 3 is 0.839 bits per heavy atom. The van der Waals surface area contributed by atoms with Crippen LogP contribution >= 0.6 is 23.2 Å². The summed E-state index contributed by atoms with van der Waals surface area (Å²) in [5.74, 6) is 0. The average Bonchev–Trinajstić information content (AvgIpc) is 3.30. The first-order chi connectivity index (χ1) is 30.3. The Kier molecular flexibility index (Phi) is 8.18. The van der Waals surface area contributed by atoms with Gasteiger partial charge in [0, 0.05) is 80.8 Å². The van der Waals surface area contributed by atoms with E-state index in [2.05, 4.69) is 204 Å². The minimum absolute atomic E-state index is 0.694. The second-order valence-corrected chi connectivity index (χ2v) is 17.5. The molecule has 0 aliphatic heterocycles. The molecule has 0 radical (unpaired) electrons. The van der Waals surface area contributed by atoms with E-state index in [1.165, 1.54) is 54.7 Å². The van der Waals surface area contributed by atoms with Crippen molar-refractivity contribution in [3.8, 4) is 33.4 Å². The van der Waals surface area contributed by atoms with E-state index in [-0.39, 0.29) is 0 Å². The number of benzene rings is 8. The maximum absolute atomic E-state index is 6.91. The highest BCUT2D eigenvalue weighted by Crippen LogP contribution is 2.45. The van der Waals surface area contributed by atoms with Crippen molar-refractivity contribution in [3.63, 3.8) is 0 Å². The van der Waals surface area contributed by atoms with Crippen molar-refractivity contribution in [1.29, 1.82) is 0 Å². The van der Waals surface area contributed by atoms with Crippen LogP contribution in [0, 0.1) is 0 Å². The van der Waals surface area contributed by atoms with Crippen LogP contribution in [0.5, 0.6) is 0 Å². The molecule has 0 fully saturated rings. The number of aryl methyl sites for hydroxylation is 4. The zero-order chi connectivity index (χ0) is 42.0. The van der Waals surface area contributed by atoms with Crippen LogP contribution in [0.15, 0.2) is 170 Å². The van der Waals surface area contributed by atoms with Gasteiger partial charge in [0.1, 0.15) is 28.2 Å². The maximum Gasteiger partial charge on any atom is 0.213 e. The summed E-state index contributed by atoms with van der Waals surface area (Å²) < 4.78 is 9.23. The molecular weight excluding hydrogens is 800 g/mol. The fourth-order valence-electron chi connectivity index (χ4n) is 10.5. The number of pyridine rings is 4. The molecule has 12 rings (SSSR count). The Morgan fingerprint density at radius 2 is 0.500 bits per heavy atom. The van der Waals surface area contributed by atoms with Crippen molar-refractivity contribution in [2.45, 2.75) is 0 Å². The zero-order valence-corrected chi connectivity index (χ0v) is 36.2. The molecule has 0 unspecified atom stereocenters. The number of aromatic nitrogens is 4. The lowest BCUT2D eigenvalue weighted by atomic mass is 9.88. The number of hydrogen-bond donors (Lipinski definition) is 0. The van der Waals surface area contributed by atoms with E-state index in [0.717, 1.165) is 65.9 Å². The average molecular weight is 840 g/mol. The fraction of sp³-hybridized carbons (Fsp3) is 0.0714. The van der Waals surface area contributed by atoms with Crippen LogP contribution in [0.3, 0.4) is 0 Å². The quantitative estimate of drug-likeness (QED) is 0.124. The highest BCUT2D eigenvalue weighted by molar-refractivity contribution is 6.33. The molecule has 0 atom stereocenters. The summed E-state index contributed by atoms with van der Waals surface area (Å²) in [5.41, 5.74) is 16.3. The smallest absolute Gasteiger partial charge is 0.194 e. The van der Waals surface area contributed by atoms with Crippen LogP contribution in [0.25, 0.3) is 121 Å². The third-order valence-electron chi connectivity index (χ3n) is 13.4. The van der Waals surface area contributed by atoms with Crippen molar-refractivity contribution < 1.29 is 18.3 Å². The summed E-state index contributed by atoms with van der Waals surface area (Å²) in [6.07, 6.45) is 0. The second kappa shape index (κ2) is 13.8. The minimum atomic E-state index is 0.694. The van der Waals surface area contributed by atoms with E-state index >= 15 is 0 Å². The standard InChI is InChI=1S/C56H40Cl2N4/c1-59-45-17-9-5-13-37(45)53(38-14-6-10-18-46(38)59)54-39-15-7-11-19-47(39)60(2)49-25-21-33(29-41(49)54)34-22-26-50-42(30-34)56(44-32-36(58)24-28-52(44)62(50)4)55-40-16-8-12-20-48(40)61(3)51-27-23-35(57)31-43(51)55/h5-32H,1-4H3/q+4. The van der Waals surface area contributed by atoms with E-state index in [1.54, 1.807) is 0 Å². The molecule has 4 nitrogen and oxygen atoms in total. The van der Waals surface area contributed by atoms with Crippen molar-refractivity contribution in [1.82, 2.24) is 0 Å². The molecule has 0 bridgehead atoms. The summed E-state index contributed by atoms with van der Waals surface area (Å²) >= 11 is 13.8. The van der Waals surface area contributed by atoms with Gasteiger partial charge in [-0.15, -0.1) is 0 Å². The van der Waals surface area contributed by atoms with E-state index in [1.807, 2.05) is 12.1 Å². The Balaban J connectivity index is 1.22. The van der Waals surface area contributed by atoms with Crippen molar-refractivity contribution >= 4 is 110 Å². The van der Waals surface area contributed by atoms with E-state index in [9.17, 15) is 0 Å². The van der Waals surface area contributed by atoms with Crippen molar-refractivity contribution in [2.24, 2.45) is 28.2 Å². The van der Waals surface area contributed by atoms with Gasteiger partial charge < -0.3 is 0 Å². The fourth-order valence-corrected chi connectivity index (χ4v) is 10.8. The molecule has 0 aliphatic carbocycles. The maximum atomic E-state index is 6.91. The Hall–Kier alpha value is -6.98. The number of hydrogen-bond acceptors (Lipinski definition) is 0. The lowest BCUT2D eigenvalue weighted by molar-refractivity contribution is -0.617. The van der Waals surface area contributed by atoms with Gasteiger partial charge in [-0.25, -0.2) is 0 Å². The summed E-state index contributed by atoms with van der Waals surface area (Å²) in [6, 6.07) is 61.6. The molecule has 0 aliphatic rings. The lowest BCUT2D eigenvalue weighted by Gasteiger charge is -2.17. The largest absolute Gasteiger partial charge is 0.213 e. The van der Waals surface area contributed by atoms with Gasteiger partial charge in [0.2, 0.25) is 44.1 Å². The summed E-state index contributed by atoms with van der Waals surface area (Å²) in [4.78, 5) is 0. The van der Waals surface area contributed by atoms with Crippen LogP contribution in [0.1, 0.15) is 0 Å². The van der Waals surface area contributed by atoms with Gasteiger partial charge in [0.25, 0.3) is 0 Å². The second-order valence-electron chi connectivity index (χ2n) is 16.6. The number of para-hydroxylation sites is 4. The summed E-state index contributed by atoms with van der Waals surface area (Å²) in [5, 5.41) is 10.7. The van der Waals surface area contributed by atoms with Gasteiger partial charge in [0.15, 0.2) is 0 Å². The Labute approximate surface area is 368 Å². The van der Waals surface area contributed by atoms with Gasteiger partial charge in [-0.3, -0.25) is 0 Å². The van der Waals surface area contributed by atoms with Gasteiger partial charge in [-0.2, -0.15) is 18.3 Å². The predicted molar refractivity (Wildman–Crippen MR) is 258 cm³/mol. The minimum Gasteiger partial charge on any atom is -0.194 e. The Bertz CT molecular complexity index is 3890. The van der Waals surface area contributed by atoms with Crippen molar-refractivity contribution in [3.05, 3.63) is 180 Å². The molecule has 0 amide bonds. The van der Waals surface area contributed by atoms with Crippen LogP contribution in [0.4, 0.5) is 0 Å². The third-order valence-corrected chi connectivity index (χ3v) is 13.9. The predicted octanol–water partition coefficient (Wildman–Crippen LogP) is 12.5. The topological polar surface area (TPSA) is 15.5 Å². The van der Waals surface area contributed by atoms with Crippen LogP contribution < -0.4 is 18.3 Å². The molecule has 0 spiro atoms. The van der Waals surface area contributed by atoms with Gasteiger partial charge in [-0.05, 0) is 83.9 Å². The molecular formula is C56H40Cl2N4+4. The van der Waals surface area contributed by atoms with Gasteiger partial charge in [-0.1, -0.05) is 71.7 Å². The molecule has 294 valence electrons. The SMILES string of the molecule is C[n+]1c2ccccc2c(-c2c3ccccc3[n+](C)c3ccc(-c4ccc5c(c4)c(-c4c6ccccc6[n+](C)c6ccc(Cl)cc46)c4cc(Cl)ccc4[n+]5C)cc23)c2ccccc21. The number of halogens is 2. The number of fused-ring (bicyclic) bond motifs is 8. The monoisotopic (exact) mass is 838 g/mol. The van der Waals surface area contributed by atoms with Crippen LogP contribution in [0.2, 0.25) is 10.0 Å². The summed E-state index contributed by atoms with van der Waals surface area (Å²) in [7, 11) is 8.65. The molecule has 0 saturated carbocycles. The molecule has 0 N–H and O–H groups in total. The van der Waals surface area contributed by atoms with E-state index in [0.29, 0.717) is 10.0 Å². The molecule has 6 heteroatoms. The van der Waals surface area contributed by atoms with Gasteiger partial charge in [0.05, 0.1) is 43.1 Å². The van der Waals surface area contributed by atoms with Crippen LogP contribution in [-0.4, -0.2) is 0 Å². The first-order valence-corrected chi connectivity index (χ1v) is 21.7. The summed E-state index contributed by atoms with van der Waals surface area (Å²) in [6.45, 7) is 0. The van der Waals surface area contributed by atoms with E-state index in [4.69, 9.17) is 23.2 Å². The number of nitrogens with zero attached hydrogens (tertiary/aromatic N) is 4. The highest BCUT2D eigenvalue weighted by Gasteiger charge is 2.29. The third kappa shape index (κ3) is 5.27. The normalized spacial score (nSPS) is 12.0. The molecule has 0 saturated heterocycles. The molecule has 4 heterocycles. The lowest BCUT2D eigenvalue weighted by Crippen LogP contribution is -2.31. The molecule has 62 heavy (non-hydrogen) atoms. The highest BCUT2D eigenvalue weighted by atomic mass is 35.5. The molecule has 4 aromatic heterocycles. The number of rotatable bonds is 3. The first-order valence-electron chi connectivity index (χ1n) is 21.0. The van der Waals surface area contributed by atoms with Gasteiger partial charge >= 0.3 is 0 Å². The molecule has 8 aromatic carbocycles. The zero-order valence-electron chi connectivity index (χ0n) is 34.7. The first kappa shape index (κ1) is 36.8. The van der Waals surface area contributed by atoms with E-state index < -0.39 is 0 Å². The van der Waals surface area contributed by atoms with Crippen molar-refractivity contribution in [2.75, 3.05) is 0 Å². The Morgan fingerprint density at radius 1 is 0.258 bits per heavy atom.